The predicted molar refractivity (Wildman–Crippen MR) is 65.5 cm³/mol. The van der Waals surface area contributed by atoms with Crippen LogP contribution in [-0.4, -0.2) is 24.0 Å². The second kappa shape index (κ2) is 5.81. The van der Waals surface area contributed by atoms with Crippen molar-refractivity contribution in [3.63, 3.8) is 0 Å². The molecule has 6 heteroatoms. The molecule has 1 N–H and O–H groups in total. The molecule has 2 aromatic heterocycles. The largest absolute Gasteiger partial charge is 0.465 e. The summed E-state index contributed by atoms with van der Waals surface area (Å²) in [4.78, 5) is 27.0. The number of ether oxygens (including phenoxy) is 1. The summed E-state index contributed by atoms with van der Waals surface area (Å²) in [5.74, 6) is -0.555. The lowest BCUT2D eigenvalue weighted by molar-refractivity contribution is 0.0600. The summed E-state index contributed by atoms with van der Waals surface area (Å²) in [6.45, 7) is 0.199. The molecule has 0 atom stereocenters. The molecule has 0 aliphatic rings. The summed E-state index contributed by atoms with van der Waals surface area (Å²) in [6, 6.07) is 6.30. The average Bonchev–Trinajstić information content (AvgIpc) is 2.98. The van der Waals surface area contributed by atoms with Crippen molar-refractivity contribution >= 4 is 11.9 Å². The summed E-state index contributed by atoms with van der Waals surface area (Å²) in [5, 5.41) is 2.64. The standard InChI is InChI=1S/C13H12N2O4/c1-18-13(17)9-4-5-14-10(7-9)8-15-12(16)11-3-2-6-19-11/h2-7H,8H2,1H3,(H,15,16). The van der Waals surface area contributed by atoms with Gasteiger partial charge in [0.15, 0.2) is 5.76 Å². The van der Waals surface area contributed by atoms with Crippen LogP contribution >= 0.6 is 0 Å². The van der Waals surface area contributed by atoms with E-state index in [1.165, 1.54) is 19.6 Å². The van der Waals surface area contributed by atoms with Gasteiger partial charge in [0.05, 0.1) is 31.2 Å². The second-order valence-electron chi connectivity index (χ2n) is 3.69. The topological polar surface area (TPSA) is 81.4 Å². The molecule has 2 rings (SSSR count). The van der Waals surface area contributed by atoms with Gasteiger partial charge in [-0.25, -0.2) is 4.79 Å². The van der Waals surface area contributed by atoms with E-state index in [2.05, 4.69) is 15.0 Å². The lowest BCUT2D eigenvalue weighted by Gasteiger charge is -2.04. The molecule has 98 valence electrons. The second-order valence-corrected chi connectivity index (χ2v) is 3.69. The van der Waals surface area contributed by atoms with Gasteiger partial charge in [-0.1, -0.05) is 0 Å². The van der Waals surface area contributed by atoms with Gasteiger partial charge in [0.2, 0.25) is 0 Å². The molecule has 1 amide bonds. The molecule has 0 saturated heterocycles. The lowest BCUT2D eigenvalue weighted by atomic mass is 10.2. The monoisotopic (exact) mass is 260 g/mol. The van der Waals surface area contributed by atoms with Crippen LogP contribution < -0.4 is 5.32 Å². The Morgan fingerprint density at radius 3 is 2.95 bits per heavy atom. The molecule has 6 nitrogen and oxygen atoms in total. The van der Waals surface area contributed by atoms with E-state index in [1.807, 2.05) is 0 Å². The molecule has 2 aromatic rings. The number of methoxy groups -OCH3 is 1. The zero-order valence-electron chi connectivity index (χ0n) is 10.3. The van der Waals surface area contributed by atoms with Crippen LogP contribution in [0, 0.1) is 0 Å². The molecular formula is C13H12N2O4. The zero-order chi connectivity index (χ0) is 13.7. The third kappa shape index (κ3) is 3.19. The molecule has 19 heavy (non-hydrogen) atoms. The minimum atomic E-state index is -0.444. The first-order valence-electron chi connectivity index (χ1n) is 5.55. The van der Waals surface area contributed by atoms with Crippen molar-refractivity contribution in [1.82, 2.24) is 10.3 Å². The van der Waals surface area contributed by atoms with Gasteiger partial charge in [-0.3, -0.25) is 9.78 Å². The molecule has 0 saturated carbocycles. The number of amides is 1. The molecule has 0 fully saturated rings. The minimum Gasteiger partial charge on any atom is -0.465 e. The Kier molecular flexibility index (Phi) is 3.92. The van der Waals surface area contributed by atoms with Crippen LogP contribution in [-0.2, 0) is 11.3 Å². The normalized spacial score (nSPS) is 9.95. The molecule has 0 aromatic carbocycles. The van der Waals surface area contributed by atoms with Gasteiger partial charge in [0.1, 0.15) is 0 Å². The number of pyridine rings is 1. The molecule has 0 aliphatic heterocycles. The summed E-state index contributed by atoms with van der Waals surface area (Å²) in [7, 11) is 1.31. The molecule has 0 radical (unpaired) electrons. The maximum atomic E-state index is 11.6. The zero-order valence-corrected chi connectivity index (χ0v) is 10.3. The summed E-state index contributed by atoms with van der Waals surface area (Å²) < 4.78 is 9.56. The van der Waals surface area contributed by atoms with Gasteiger partial charge in [0.25, 0.3) is 5.91 Å². The van der Waals surface area contributed by atoms with E-state index in [1.54, 1.807) is 24.3 Å². The highest BCUT2D eigenvalue weighted by Crippen LogP contribution is 2.04. The highest BCUT2D eigenvalue weighted by atomic mass is 16.5. The van der Waals surface area contributed by atoms with Gasteiger partial charge >= 0.3 is 5.97 Å². The minimum absolute atomic E-state index is 0.199. The summed E-state index contributed by atoms with van der Waals surface area (Å²) in [5.41, 5.74) is 0.947. The Morgan fingerprint density at radius 1 is 1.42 bits per heavy atom. The van der Waals surface area contributed by atoms with Crippen molar-refractivity contribution in [3.05, 3.63) is 53.7 Å². The van der Waals surface area contributed by atoms with Gasteiger partial charge in [-0.15, -0.1) is 0 Å². The van der Waals surface area contributed by atoms with Crippen molar-refractivity contribution in [2.45, 2.75) is 6.54 Å². The number of hydrogen-bond donors (Lipinski definition) is 1. The van der Waals surface area contributed by atoms with Crippen molar-refractivity contribution in [3.8, 4) is 0 Å². The van der Waals surface area contributed by atoms with Crippen molar-refractivity contribution in [1.29, 1.82) is 0 Å². The lowest BCUT2D eigenvalue weighted by Crippen LogP contribution is -2.23. The molecule has 0 bridgehead atoms. The van der Waals surface area contributed by atoms with E-state index < -0.39 is 5.97 Å². The first-order chi connectivity index (χ1) is 9.20. The van der Waals surface area contributed by atoms with E-state index >= 15 is 0 Å². The number of hydrogen-bond acceptors (Lipinski definition) is 5. The van der Waals surface area contributed by atoms with Gasteiger partial charge in [-0.2, -0.15) is 0 Å². The maximum absolute atomic E-state index is 11.6. The first-order valence-corrected chi connectivity index (χ1v) is 5.55. The summed E-state index contributed by atoms with van der Waals surface area (Å²) in [6.07, 6.45) is 2.91. The smallest absolute Gasteiger partial charge is 0.337 e. The molecule has 0 unspecified atom stereocenters. The quantitative estimate of drug-likeness (QED) is 0.840. The van der Waals surface area contributed by atoms with Crippen LogP contribution in [0.1, 0.15) is 26.6 Å². The molecular weight excluding hydrogens is 248 g/mol. The Balaban J connectivity index is 2.00. The number of nitrogens with zero attached hydrogens (tertiary/aromatic N) is 1. The van der Waals surface area contributed by atoms with Crippen LogP contribution in [0.5, 0.6) is 0 Å². The Hall–Kier alpha value is -2.63. The Bertz CT molecular complexity index is 578. The van der Waals surface area contributed by atoms with Crippen LogP contribution in [0.25, 0.3) is 0 Å². The number of nitrogens with one attached hydrogen (secondary N) is 1. The van der Waals surface area contributed by atoms with Crippen molar-refractivity contribution < 1.29 is 18.7 Å². The SMILES string of the molecule is COC(=O)c1ccnc(CNC(=O)c2ccco2)c1. The number of aromatic nitrogens is 1. The van der Waals surface area contributed by atoms with Crippen LogP contribution in [0.4, 0.5) is 0 Å². The van der Waals surface area contributed by atoms with Gasteiger partial charge in [-0.05, 0) is 24.3 Å². The fourth-order valence-electron chi connectivity index (χ4n) is 1.49. The third-order valence-corrected chi connectivity index (χ3v) is 2.41. The highest BCUT2D eigenvalue weighted by Gasteiger charge is 2.10. The van der Waals surface area contributed by atoms with Crippen molar-refractivity contribution in [2.75, 3.05) is 7.11 Å². The van der Waals surface area contributed by atoms with E-state index in [9.17, 15) is 9.59 Å². The fourth-order valence-corrected chi connectivity index (χ4v) is 1.49. The highest BCUT2D eigenvalue weighted by molar-refractivity contribution is 5.91. The van der Waals surface area contributed by atoms with Crippen molar-refractivity contribution in [2.24, 2.45) is 0 Å². The third-order valence-electron chi connectivity index (χ3n) is 2.41. The average molecular weight is 260 g/mol. The van der Waals surface area contributed by atoms with Crippen LogP contribution in [0.3, 0.4) is 0 Å². The van der Waals surface area contributed by atoms with E-state index in [-0.39, 0.29) is 18.2 Å². The number of carbonyl (C=O) groups excluding carboxylic acids is 2. The summed E-state index contributed by atoms with van der Waals surface area (Å²) >= 11 is 0. The van der Waals surface area contributed by atoms with Gasteiger partial charge in [0, 0.05) is 6.20 Å². The van der Waals surface area contributed by atoms with Crippen LogP contribution in [0.15, 0.2) is 41.1 Å². The van der Waals surface area contributed by atoms with Gasteiger partial charge < -0.3 is 14.5 Å². The number of carbonyl (C=O) groups is 2. The Labute approximate surface area is 109 Å². The maximum Gasteiger partial charge on any atom is 0.337 e. The predicted octanol–water partition coefficient (Wildman–Crippen LogP) is 1.39. The first kappa shape index (κ1) is 12.8. The molecule has 2 heterocycles. The number of furan rings is 1. The van der Waals surface area contributed by atoms with E-state index in [4.69, 9.17) is 4.42 Å². The van der Waals surface area contributed by atoms with Crippen LogP contribution in [0.2, 0.25) is 0 Å². The Morgan fingerprint density at radius 2 is 2.26 bits per heavy atom. The van der Waals surface area contributed by atoms with E-state index in [0.717, 1.165) is 0 Å². The number of rotatable bonds is 4. The van der Waals surface area contributed by atoms with E-state index in [0.29, 0.717) is 11.3 Å². The number of esters is 1. The molecule has 0 aliphatic carbocycles. The fraction of sp³-hybridized carbons (Fsp3) is 0.154. The molecule has 0 spiro atoms.